The minimum absolute atomic E-state index is 0.202. The molecule has 0 fully saturated rings. The molecule has 1 unspecified atom stereocenters. The molecule has 2 rings (SSSR count). The molecular weight excluding hydrogens is 226 g/mol. The smallest absolute Gasteiger partial charge is 0.322 e. The largest absolute Gasteiger partial charge is 0.347 e. The average molecular weight is 243 g/mol. The Morgan fingerprint density at radius 2 is 2.17 bits per heavy atom. The van der Waals surface area contributed by atoms with Crippen molar-refractivity contribution in [3.63, 3.8) is 0 Å². The molecule has 0 aliphatic rings. The summed E-state index contributed by atoms with van der Waals surface area (Å²) >= 11 is 0. The molecule has 0 aliphatic heterocycles. The van der Waals surface area contributed by atoms with Crippen LogP contribution in [0.5, 0.6) is 0 Å². The molecule has 1 heterocycles. The fourth-order valence-corrected chi connectivity index (χ4v) is 2.00. The molecule has 18 heavy (non-hydrogen) atoms. The summed E-state index contributed by atoms with van der Waals surface area (Å²) in [5, 5.41) is 0. The lowest BCUT2D eigenvalue weighted by atomic mass is 9.99. The van der Waals surface area contributed by atoms with Crippen LogP contribution in [0.15, 0.2) is 41.5 Å². The molecule has 0 aliphatic carbocycles. The van der Waals surface area contributed by atoms with Crippen LogP contribution in [0.4, 0.5) is 0 Å². The van der Waals surface area contributed by atoms with Crippen molar-refractivity contribution in [3.05, 3.63) is 63.8 Å². The summed E-state index contributed by atoms with van der Waals surface area (Å²) in [4.78, 5) is 15.3. The van der Waals surface area contributed by atoms with Crippen LogP contribution in [0.2, 0.25) is 0 Å². The summed E-state index contributed by atoms with van der Waals surface area (Å²) in [6.07, 6.45) is 3.20. The van der Waals surface area contributed by atoms with E-state index in [-0.39, 0.29) is 11.7 Å². The summed E-state index contributed by atoms with van der Waals surface area (Å²) in [5.74, 6) is 0. The Morgan fingerprint density at radius 3 is 2.89 bits per heavy atom. The van der Waals surface area contributed by atoms with Gasteiger partial charge in [-0.3, -0.25) is 4.57 Å². The van der Waals surface area contributed by atoms with Crippen molar-refractivity contribution in [2.45, 2.75) is 26.4 Å². The Balaban J connectivity index is 2.27. The van der Waals surface area contributed by atoms with E-state index in [0.717, 1.165) is 11.1 Å². The van der Waals surface area contributed by atoms with Crippen molar-refractivity contribution < 1.29 is 0 Å². The molecule has 2 aromatic rings. The second-order valence-electron chi connectivity index (χ2n) is 4.52. The van der Waals surface area contributed by atoms with Crippen LogP contribution in [-0.2, 0) is 6.54 Å². The van der Waals surface area contributed by atoms with Gasteiger partial charge in [0, 0.05) is 25.0 Å². The first-order chi connectivity index (χ1) is 8.58. The van der Waals surface area contributed by atoms with E-state index in [1.165, 1.54) is 16.3 Å². The molecule has 0 saturated carbocycles. The summed E-state index contributed by atoms with van der Waals surface area (Å²) in [5.41, 5.74) is 9.30. The number of nitrogens with two attached hydrogens (primary N) is 1. The van der Waals surface area contributed by atoms with Crippen LogP contribution in [0, 0.1) is 13.8 Å². The minimum atomic E-state index is -0.266. The van der Waals surface area contributed by atoms with Crippen LogP contribution in [0.3, 0.4) is 0 Å². The van der Waals surface area contributed by atoms with E-state index in [1.54, 1.807) is 12.3 Å². The van der Waals surface area contributed by atoms with Gasteiger partial charge in [-0.25, -0.2) is 9.78 Å². The maximum atomic E-state index is 11.5. The molecule has 0 spiro atoms. The quantitative estimate of drug-likeness (QED) is 0.890. The van der Waals surface area contributed by atoms with Gasteiger partial charge in [0.2, 0.25) is 0 Å². The van der Waals surface area contributed by atoms with Gasteiger partial charge in [-0.15, -0.1) is 0 Å². The molecule has 0 radical (unpaired) electrons. The zero-order chi connectivity index (χ0) is 13.1. The van der Waals surface area contributed by atoms with Crippen LogP contribution in [0.25, 0.3) is 0 Å². The zero-order valence-electron chi connectivity index (χ0n) is 10.6. The van der Waals surface area contributed by atoms with Gasteiger partial charge in [0.15, 0.2) is 0 Å². The minimum Gasteiger partial charge on any atom is -0.322 e. The molecule has 94 valence electrons. The van der Waals surface area contributed by atoms with Gasteiger partial charge in [-0.05, 0) is 31.0 Å². The molecule has 0 bridgehead atoms. The lowest BCUT2D eigenvalue weighted by Gasteiger charge is -2.16. The van der Waals surface area contributed by atoms with Crippen LogP contribution >= 0.6 is 0 Å². The van der Waals surface area contributed by atoms with E-state index in [2.05, 4.69) is 23.2 Å². The summed E-state index contributed by atoms with van der Waals surface area (Å²) < 4.78 is 1.53. The second-order valence-corrected chi connectivity index (χ2v) is 4.52. The number of rotatable bonds is 3. The van der Waals surface area contributed by atoms with Crippen molar-refractivity contribution in [3.8, 4) is 0 Å². The molecule has 1 aromatic carbocycles. The maximum Gasteiger partial charge on any atom is 0.347 e. The molecule has 2 N–H and O–H groups in total. The van der Waals surface area contributed by atoms with Gasteiger partial charge < -0.3 is 5.73 Å². The molecule has 4 heteroatoms. The van der Waals surface area contributed by atoms with Gasteiger partial charge in [-0.1, -0.05) is 23.8 Å². The van der Waals surface area contributed by atoms with E-state index in [9.17, 15) is 4.79 Å². The van der Waals surface area contributed by atoms with Gasteiger partial charge in [0.25, 0.3) is 0 Å². The van der Waals surface area contributed by atoms with Gasteiger partial charge in [0.05, 0.1) is 0 Å². The van der Waals surface area contributed by atoms with E-state index in [1.807, 2.05) is 13.8 Å². The fraction of sp³-hybridized carbons (Fsp3) is 0.286. The molecule has 0 amide bonds. The zero-order valence-corrected chi connectivity index (χ0v) is 10.6. The van der Waals surface area contributed by atoms with Gasteiger partial charge >= 0.3 is 5.69 Å². The van der Waals surface area contributed by atoms with Crippen molar-refractivity contribution in [2.75, 3.05) is 0 Å². The van der Waals surface area contributed by atoms with Crippen molar-refractivity contribution >= 4 is 0 Å². The van der Waals surface area contributed by atoms with Crippen LogP contribution in [0.1, 0.15) is 22.7 Å². The third-order valence-electron chi connectivity index (χ3n) is 3.01. The Kier molecular flexibility index (Phi) is 3.58. The predicted molar refractivity (Wildman–Crippen MR) is 71.3 cm³/mol. The highest BCUT2D eigenvalue weighted by Crippen LogP contribution is 2.18. The molecule has 1 aromatic heterocycles. The molecular formula is C14H17N3O. The van der Waals surface area contributed by atoms with Crippen molar-refractivity contribution in [2.24, 2.45) is 5.73 Å². The van der Waals surface area contributed by atoms with Crippen molar-refractivity contribution in [1.29, 1.82) is 0 Å². The monoisotopic (exact) mass is 243 g/mol. The summed E-state index contributed by atoms with van der Waals surface area (Å²) in [6.45, 7) is 4.50. The Morgan fingerprint density at radius 1 is 1.39 bits per heavy atom. The highest BCUT2D eigenvalue weighted by molar-refractivity contribution is 5.32. The molecule has 1 atom stereocenters. The molecule has 0 saturated heterocycles. The first-order valence-electron chi connectivity index (χ1n) is 5.92. The third kappa shape index (κ3) is 2.65. The number of aryl methyl sites for hydroxylation is 2. The van der Waals surface area contributed by atoms with E-state index >= 15 is 0 Å². The first kappa shape index (κ1) is 12.5. The fourth-order valence-electron chi connectivity index (χ4n) is 2.00. The van der Waals surface area contributed by atoms with E-state index in [4.69, 9.17) is 5.73 Å². The van der Waals surface area contributed by atoms with Gasteiger partial charge in [-0.2, -0.15) is 0 Å². The summed E-state index contributed by atoms with van der Waals surface area (Å²) in [6, 6.07) is 7.71. The predicted octanol–water partition coefficient (Wildman–Crippen LogP) is 1.56. The van der Waals surface area contributed by atoms with Crippen LogP contribution < -0.4 is 11.4 Å². The Labute approximate surface area is 106 Å². The van der Waals surface area contributed by atoms with Crippen LogP contribution in [-0.4, -0.2) is 9.55 Å². The number of nitrogens with zero attached hydrogens (tertiary/aromatic N) is 2. The van der Waals surface area contributed by atoms with E-state index < -0.39 is 0 Å². The SMILES string of the molecule is Cc1ccc(C)c(C(N)Cn2cccnc2=O)c1. The molecule has 4 nitrogen and oxygen atoms in total. The Hall–Kier alpha value is -1.94. The lowest BCUT2D eigenvalue weighted by molar-refractivity contribution is 0.549. The lowest BCUT2D eigenvalue weighted by Crippen LogP contribution is -2.28. The third-order valence-corrected chi connectivity index (χ3v) is 3.01. The van der Waals surface area contributed by atoms with Gasteiger partial charge in [0.1, 0.15) is 0 Å². The number of hydrogen-bond acceptors (Lipinski definition) is 3. The average Bonchev–Trinajstić information content (AvgIpc) is 2.35. The highest BCUT2D eigenvalue weighted by atomic mass is 16.1. The highest BCUT2D eigenvalue weighted by Gasteiger charge is 2.10. The first-order valence-corrected chi connectivity index (χ1v) is 5.92. The van der Waals surface area contributed by atoms with Crippen molar-refractivity contribution in [1.82, 2.24) is 9.55 Å². The number of aromatic nitrogens is 2. The number of hydrogen-bond donors (Lipinski definition) is 1. The maximum absolute atomic E-state index is 11.5. The Bertz CT molecular complexity index is 604. The standard InChI is InChI=1S/C14H17N3O/c1-10-4-5-11(2)12(8-10)13(15)9-17-7-3-6-16-14(17)18/h3-8,13H,9,15H2,1-2H3. The number of benzene rings is 1. The van der Waals surface area contributed by atoms with E-state index in [0.29, 0.717) is 6.54 Å². The topological polar surface area (TPSA) is 60.9 Å². The summed E-state index contributed by atoms with van der Waals surface area (Å²) in [7, 11) is 0. The normalized spacial score (nSPS) is 12.4. The second kappa shape index (κ2) is 5.14.